The molecule has 0 aliphatic carbocycles. The summed E-state index contributed by atoms with van der Waals surface area (Å²) >= 11 is 0. The smallest absolute Gasteiger partial charge is 0.381 e. The number of pyridine rings is 1. The van der Waals surface area contributed by atoms with Crippen molar-refractivity contribution in [3.63, 3.8) is 0 Å². The van der Waals surface area contributed by atoms with Crippen LogP contribution in [0.5, 0.6) is 0 Å². The van der Waals surface area contributed by atoms with Gasteiger partial charge < -0.3 is 4.74 Å². The second-order valence-corrected chi connectivity index (χ2v) is 10.2. The predicted molar refractivity (Wildman–Crippen MR) is 95.1 cm³/mol. The third kappa shape index (κ3) is 3.34. The summed E-state index contributed by atoms with van der Waals surface area (Å²) in [5.74, 6) is 0.526. The maximum atomic E-state index is 12.8. The molecule has 0 amide bonds. The molecule has 28 heavy (non-hydrogen) atoms. The number of hydrogen-bond acceptors (Lipinski definition) is 5. The van der Waals surface area contributed by atoms with E-state index in [4.69, 9.17) is 4.74 Å². The molecular weight excluding hydrogens is 395 g/mol. The molecule has 2 unspecified atom stereocenters. The number of aromatic nitrogens is 1. The Morgan fingerprint density at radius 1 is 1.25 bits per heavy atom. The lowest BCUT2D eigenvalue weighted by Gasteiger charge is -2.61. The summed E-state index contributed by atoms with van der Waals surface area (Å²) in [6.07, 6.45) is -3.53. The van der Waals surface area contributed by atoms with E-state index in [9.17, 15) is 21.6 Å². The van der Waals surface area contributed by atoms with E-state index in [1.165, 1.54) is 11.2 Å². The summed E-state index contributed by atoms with van der Waals surface area (Å²) in [5.41, 5.74) is -1.24. The Morgan fingerprint density at radius 3 is 2.46 bits per heavy atom. The molecule has 0 saturated carbocycles. The Labute approximate surface area is 162 Å². The van der Waals surface area contributed by atoms with Gasteiger partial charge in [0.2, 0.25) is 10.0 Å². The minimum Gasteiger partial charge on any atom is -0.381 e. The van der Waals surface area contributed by atoms with Crippen LogP contribution in [0.4, 0.5) is 13.2 Å². The summed E-state index contributed by atoms with van der Waals surface area (Å²) in [4.78, 5) is 5.67. The highest BCUT2D eigenvalue weighted by molar-refractivity contribution is 7.89. The number of sulfonamides is 1. The van der Waals surface area contributed by atoms with E-state index in [1.54, 1.807) is 0 Å². The standard InChI is InChI=1S/C18H24F3N3O3S/c1-12-15(3-4-16(22-12)18(19,20)21)28(25,26)24-10-17(11-24)8-23(9-17)13(2)14-5-6-27-7-14/h3-4,13-14H,5-11H2,1-2H3. The van der Waals surface area contributed by atoms with Gasteiger partial charge in [0.05, 0.1) is 12.3 Å². The molecule has 4 heterocycles. The van der Waals surface area contributed by atoms with Crippen LogP contribution in [0.25, 0.3) is 0 Å². The summed E-state index contributed by atoms with van der Waals surface area (Å²) in [5, 5.41) is 0. The van der Waals surface area contributed by atoms with Gasteiger partial charge in [0, 0.05) is 44.2 Å². The molecule has 3 fully saturated rings. The maximum absolute atomic E-state index is 12.8. The van der Waals surface area contributed by atoms with Crippen LogP contribution >= 0.6 is 0 Å². The number of aryl methyl sites for hydroxylation is 1. The van der Waals surface area contributed by atoms with E-state index in [2.05, 4.69) is 16.8 Å². The fourth-order valence-electron chi connectivity index (χ4n) is 4.52. The quantitative estimate of drug-likeness (QED) is 0.748. The van der Waals surface area contributed by atoms with E-state index in [1.807, 2.05) is 0 Å². The Bertz CT molecular complexity index is 855. The molecular formula is C18H24F3N3O3S. The zero-order valence-electron chi connectivity index (χ0n) is 15.9. The number of hydrogen-bond donors (Lipinski definition) is 0. The molecule has 3 saturated heterocycles. The Balaban J connectivity index is 1.39. The van der Waals surface area contributed by atoms with Gasteiger partial charge in [-0.3, -0.25) is 4.90 Å². The number of nitrogens with zero attached hydrogens (tertiary/aromatic N) is 3. The number of ether oxygens (including phenoxy) is 1. The minimum atomic E-state index is -4.59. The average Bonchev–Trinajstić information content (AvgIpc) is 3.04. The normalized spacial score (nSPS) is 26.8. The fourth-order valence-corrected chi connectivity index (χ4v) is 6.35. The van der Waals surface area contributed by atoms with Gasteiger partial charge in [-0.2, -0.15) is 17.5 Å². The molecule has 4 rings (SSSR count). The van der Waals surface area contributed by atoms with Gasteiger partial charge in [-0.25, -0.2) is 13.4 Å². The largest absolute Gasteiger partial charge is 0.433 e. The van der Waals surface area contributed by atoms with E-state index in [-0.39, 0.29) is 16.0 Å². The van der Waals surface area contributed by atoms with Crippen molar-refractivity contribution in [2.45, 2.75) is 37.4 Å². The zero-order chi connectivity index (χ0) is 20.3. The molecule has 0 bridgehead atoms. The van der Waals surface area contributed by atoms with Gasteiger partial charge in [-0.05, 0) is 38.3 Å². The third-order valence-electron chi connectivity index (χ3n) is 6.27. The molecule has 156 valence electrons. The van der Waals surface area contributed by atoms with Gasteiger partial charge in [0.1, 0.15) is 10.6 Å². The van der Waals surface area contributed by atoms with Crippen LogP contribution in [-0.2, 0) is 20.9 Å². The molecule has 3 aliphatic rings. The molecule has 1 spiro atoms. The van der Waals surface area contributed by atoms with E-state index in [0.29, 0.717) is 25.0 Å². The Kier molecular flexibility index (Phi) is 4.76. The van der Waals surface area contributed by atoms with Crippen molar-refractivity contribution in [3.8, 4) is 0 Å². The van der Waals surface area contributed by atoms with Crippen LogP contribution in [0.15, 0.2) is 17.0 Å². The topological polar surface area (TPSA) is 62.7 Å². The van der Waals surface area contributed by atoms with Gasteiger partial charge in [-0.15, -0.1) is 0 Å². The van der Waals surface area contributed by atoms with Crippen molar-refractivity contribution < 1.29 is 26.3 Å². The first-order valence-electron chi connectivity index (χ1n) is 9.39. The molecule has 6 nitrogen and oxygen atoms in total. The van der Waals surface area contributed by atoms with Crippen molar-refractivity contribution in [1.82, 2.24) is 14.2 Å². The van der Waals surface area contributed by atoms with E-state index < -0.39 is 21.9 Å². The van der Waals surface area contributed by atoms with Gasteiger partial charge >= 0.3 is 6.18 Å². The second kappa shape index (κ2) is 6.65. The first-order chi connectivity index (χ1) is 13.0. The SMILES string of the molecule is Cc1nc(C(F)(F)F)ccc1S(=O)(=O)N1CC2(CN(C(C)C3CCOC3)C2)C1. The zero-order valence-corrected chi connectivity index (χ0v) is 16.7. The van der Waals surface area contributed by atoms with Crippen molar-refractivity contribution >= 4 is 10.0 Å². The van der Waals surface area contributed by atoms with Crippen molar-refractivity contribution in [3.05, 3.63) is 23.5 Å². The van der Waals surface area contributed by atoms with E-state index >= 15 is 0 Å². The predicted octanol–water partition coefficient (Wildman–Crippen LogP) is 2.14. The molecule has 1 aromatic heterocycles. The highest BCUT2D eigenvalue weighted by Crippen LogP contribution is 2.44. The van der Waals surface area contributed by atoms with Gasteiger partial charge in [0.25, 0.3) is 0 Å². The summed E-state index contributed by atoms with van der Waals surface area (Å²) in [7, 11) is -3.83. The van der Waals surface area contributed by atoms with Crippen molar-refractivity contribution in [1.29, 1.82) is 0 Å². The van der Waals surface area contributed by atoms with Crippen LogP contribution in [-0.4, -0.2) is 68.0 Å². The number of halogens is 3. The fraction of sp³-hybridized carbons (Fsp3) is 0.722. The van der Waals surface area contributed by atoms with Crippen LogP contribution < -0.4 is 0 Å². The minimum absolute atomic E-state index is 0.0337. The number of likely N-dealkylation sites (tertiary alicyclic amines) is 1. The first kappa shape index (κ1) is 20.1. The van der Waals surface area contributed by atoms with Crippen LogP contribution in [0.1, 0.15) is 24.7 Å². The third-order valence-corrected chi connectivity index (χ3v) is 8.19. The first-order valence-corrected chi connectivity index (χ1v) is 10.8. The Hall–Kier alpha value is -1.23. The number of rotatable bonds is 4. The maximum Gasteiger partial charge on any atom is 0.433 e. The average molecular weight is 419 g/mol. The molecule has 0 N–H and O–H groups in total. The molecule has 1 aromatic rings. The lowest BCUT2D eigenvalue weighted by atomic mass is 9.73. The number of alkyl halides is 3. The summed E-state index contributed by atoms with van der Waals surface area (Å²) in [6.45, 7) is 7.58. The lowest BCUT2D eigenvalue weighted by molar-refractivity contribution is -0.141. The van der Waals surface area contributed by atoms with Crippen molar-refractivity contribution in [2.24, 2.45) is 11.3 Å². The molecule has 10 heteroatoms. The lowest BCUT2D eigenvalue weighted by Crippen LogP contribution is -2.74. The second-order valence-electron chi connectivity index (χ2n) is 8.32. The highest BCUT2D eigenvalue weighted by atomic mass is 32.2. The highest BCUT2D eigenvalue weighted by Gasteiger charge is 2.56. The molecule has 3 aliphatic heterocycles. The monoisotopic (exact) mass is 419 g/mol. The van der Waals surface area contributed by atoms with Crippen molar-refractivity contribution in [2.75, 3.05) is 39.4 Å². The van der Waals surface area contributed by atoms with Gasteiger partial charge in [-0.1, -0.05) is 0 Å². The van der Waals surface area contributed by atoms with Crippen LogP contribution in [0.3, 0.4) is 0 Å². The molecule has 2 atom stereocenters. The summed E-state index contributed by atoms with van der Waals surface area (Å²) in [6, 6.07) is 2.16. The van der Waals surface area contributed by atoms with Crippen LogP contribution in [0, 0.1) is 18.3 Å². The molecule has 0 aromatic carbocycles. The van der Waals surface area contributed by atoms with E-state index in [0.717, 1.165) is 44.9 Å². The Morgan fingerprint density at radius 2 is 1.93 bits per heavy atom. The summed E-state index contributed by atoms with van der Waals surface area (Å²) < 4.78 is 70.7. The van der Waals surface area contributed by atoms with Gasteiger partial charge in [0.15, 0.2) is 0 Å². The molecule has 0 radical (unpaired) electrons. The van der Waals surface area contributed by atoms with Crippen LogP contribution in [0.2, 0.25) is 0 Å².